The van der Waals surface area contributed by atoms with Gasteiger partial charge < -0.3 is 10.0 Å². The van der Waals surface area contributed by atoms with Gasteiger partial charge in [0.1, 0.15) is 0 Å². The van der Waals surface area contributed by atoms with Gasteiger partial charge in [0.15, 0.2) is 0 Å². The molecule has 8 heteroatoms. The lowest BCUT2D eigenvalue weighted by Gasteiger charge is -2.45. The van der Waals surface area contributed by atoms with E-state index in [1.54, 1.807) is 0 Å². The molecule has 0 aromatic carbocycles. The van der Waals surface area contributed by atoms with Crippen LogP contribution in [-0.2, 0) is 9.59 Å². The molecule has 0 radical (unpaired) electrons. The predicted molar refractivity (Wildman–Crippen MR) is 58.4 cm³/mol. The van der Waals surface area contributed by atoms with Crippen molar-refractivity contribution in [2.75, 3.05) is 26.2 Å². The Kier molecular flexibility index (Phi) is 3.71. The number of piperazine rings is 1. The summed E-state index contributed by atoms with van der Waals surface area (Å²) in [4.78, 5) is 24.7. The lowest BCUT2D eigenvalue weighted by molar-refractivity contribution is -0.188. The van der Waals surface area contributed by atoms with Crippen molar-refractivity contribution < 1.29 is 27.9 Å². The van der Waals surface area contributed by atoms with Gasteiger partial charge in [0, 0.05) is 32.2 Å². The van der Waals surface area contributed by atoms with Crippen molar-refractivity contribution >= 4 is 11.9 Å². The Bertz CT molecular complexity index is 386. The van der Waals surface area contributed by atoms with Crippen molar-refractivity contribution in [3.63, 3.8) is 0 Å². The van der Waals surface area contributed by atoms with Crippen molar-refractivity contribution in [1.82, 2.24) is 9.80 Å². The molecule has 2 saturated heterocycles. The van der Waals surface area contributed by atoms with E-state index in [4.69, 9.17) is 5.11 Å². The number of aliphatic carboxylic acids is 1. The third kappa shape index (κ3) is 2.99. The highest BCUT2D eigenvalue weighted by molar-refractivity contribution is 5.82. The zero-order valence-corrected chi connectivity index (χ0v) is 10.2. The number of carbonyl (C=O) groups is 2. The van der Waals surface area contributed by atoms with Gasteiger partial charge in [0.2, 0.25) is 0 Å². The first-order chi connectivity index (χ1) is 8.79. The Hall–Kier alpha value is -1.31. The number of halogens is 3. The van der Waals surface area contributed by atoms with Crippen LogP contribution < -0.4 is 0 Å². The van der Waals surface area contributed by atoms with E-state index in [0.29, 0.717) is 25.9 Å². The van der Waals surface area contributed by atoms with Gasteiger partial charge in [-0.05, 0) is 12.8 Å². The van der Waals surface area contributed by atoms with Crippen molar-refractivity contribution in [3.05, 3.63) is 0 Å². The quantitative estimate of drug-likeness (QED) is 0.762. The van der Waals surface area contributed by atoms with Crippen molar-refractivity contribution in [3.8, 4) is 0 Å². The summed E-state index contributed by atoms with van der Waals surface area (Å²) >= 11 is 0. The molecule has 2 rings (SSSR count). The summed E-state index contributed by atoms with van der Waals surface area (Å²) in [5.74, 6) is -3.12. The molecular weight excluding hydrogens is 265 g/mol. The van der Waals surface area contributed by atoms with Gasteiger partial charge in [0.25, 0.3) is 0 Å². The van der Waals surface area contributed by atoms with Crippen molar-refractivity contribution in [2.24, 2.45) is 5.92 Å². The molecule has 19 heavy (non-hydrogen) atoms. The molecule has 5 nitrogen and oxygen atoms in total. The van der Waals surface area contributed by atoms with Crippen LogP contribution in [0, 0.1) is 5.92 Å². The third-order valence-corrected chi connectivity index (χ3v) is 3.79. The fraction of sp³-hybridized carbons (Fsp3) is 0.818. The number of rotatable bonds is 1. The number of hydrogen-bond donors (Lipinski definition) is 1. The largest absolute Gasteiger partial charge is 0.481 e. The second-order valence-corrected chi connectivity index (χ2v) is 5.01. The van der Waals surface area contributed by atoms with Gasteiger partial charge in [-0.2, -0.15) is 13.2 Å². The Morgan fingerprint density at radius 3 is 2.37 bits per heavy atom. The molecule has 2 fully saturated rings. The van der Waals surface area contributed by atoms with Crippen LogP contribution in [0.2, 0.25) is 0 Å². The van der Waals surface area contributed by atoms with Crippen LogP contribution >= 0.6 is 0 Å². The molecule has 0 unspecified atom stereocenters. The lowest BCUT2D eigenvalue weighted by Crippen LogP contribution is -2.59. The van der Waals surface area contributed by atoms with Gasteiger partial charge in [0.05, 0.1) is 5.92 Å². The number of carboxylic acids is 1. The van der Waals surface area contributed by atoms with Crippen LogP contribution in [0.1, 0.15) is 12.8 Å². The molecule has 1 N–H and O–H groups in total. The van der Waals surface area contributed by atoms with Gasteiger partial charge >= 0.3 is 18.1 Å². The Balaban J connectivity index is 1.96. The van der Waals surface area contributed by atoms with E-state index in [9.17, 15) is 22.8 Å². The minimum atomic E-state index is -4.83. The summed E-state index contributed by atoms with van der Waals surface area (Å²) in [7, 11) is 0. The van der Waals surface area contributed by atoms with Crippen LogP contribution in [0.15, 0.2) is 0 Å². The van der Waals surface area contributed by atoms with E-state index in [1.807, 2.05) is 4.90 Å². The van der Waals surface area contributed by atoms with Crippen molar-refractivity contribution in [2.45, 2.75) is 25.1 Å². The SMILES string of the molecule is O=C(O)[C@H]1CC[C@H]2CN(C(=O)C(F)(F)F)CCN2C1. The number of carbonyl (C=O) groups excluding carboxylic acids is 1. The fourth-order valence-corrected chi connectivity index (χ4v) is 2.74. The summed E-state index contributed by atoms with van der Waals surface area (Å²) < 4.78 is 37.0. The number of hydrogen-bond acceptors (Lipinski definition) is 3. The average molecular weight is 280 g/mol. The number of amides is 1. The highest BCUT2D eigenvalue weighted by Gasteiger charge is 2.45. The minimum Gasteiger partial charge on any atom is -0.481 e. The molecular formula is C11H15F3N2O3. The minimum absolute atomic E-state index is 0.00117. The van der Waals surface area contributed by atoms with E-state index < -0.39 is 24.0 Å². The molecule has 0 spiro atoms. The third-order valence-electron chi connectivity index (χ3n) is 3.79. The Morgan fingerprint density at radius 2 is 1.79 bits per heavy atom. The van der Waals surface area contributed by atoms with Gasteiger partial charge in [-0.3, -0.25) is 14.5 Å². The molecule has 2 aliphatic heterocycles. The van der Waals surface area contributed by atoms with E-state index in [1.165, 1.54) is 0 Å². The topological polar surface area (TPSA) is 60.9 Å². The first-order valence-corrected chi connectivity index (χ1v) is 6.12. The Labute approximate surface area is 108 Å². The highest BCUT2D eigenvalue weighted by Crippen LogP contribution is 2.27. The summed E-state index contributed by atoms with van der Waals surface area (Å²) in [6, 6.07) is -0.157. The van der Waals surface area contributed by atoms with Crippen LogP contribution in [0.5, 0.6) is 0 Å². The summed E-state index contributed by atoms with van der Waals surface area (Å²) in [6.45, 7) is 0.691. The number of nitrogens with zero attached hydrogens (tertiary/aromatic N) is 2. The molecule has 1 amide bonds. The molecule has 2 aliphatic rings. The maximum absolute atomic E-state index is 12.3. The van der Waals surface area contributed by atoms with Gasteiger partial charge in [-0.25, -0.2) is 0 Å². The molecule has 0 aromatic rings. The standard InChI is InChI=1S/C11H15F3N2O3/c12-11(13,14)10(19)16-4-3-15-5-7(9(17)18)1-2-8(15)6-16/h7-8H,1-6H2,(H,17,18)/t7-,8-/m0/s1. The van der Waals surface area contributed by atoms with Crippen LogP contribution in [0.4, 0.5) is 13.2 Å². The fourth-order valence-electron chi connectivity index (χ4n) is 2.74. The first-order valence-electron chi connectivity index (χ1n) is 6.12. The summed E-state index contributed by atoms with van der Waals surface area (Å²) in [5.41, 5.74) is 0. The maximum Gasteiger partial charge on any atom is 0.471 e. The molecule has 0 aliphatic carbocycles. The first kappa shape index (κ1) is 14.1. The lowest BCUT2D eigenvalue weighted by atomic mass is 9.91. The van der Waals surface area contributed by atoms with Crippen molar-refractivity contribution in [1.29, 1.82) is 0 Å². The second-order valence-electron chi connectivity index (χ2n) is 5.01. The normalized spacial score (nSPS) is 28.9. The maximum atomic E-state index is 12.3. The monoisotopic (exact) mass is 280 g/mol. The smallest absolute Gasteiger partial charge is 0.471 e. The van der Waals surface area contributed by atoms with E-state index in [2.05, 4.69) is 0 Å². The Morgan fingerprint density at radius 1 is 1.11 bits per heavy atom. The summed E-state index contributed by atoms with van der Waals surface area (Å²) in [5, 5.41) is 8.94. The van der Waals surface area contributed by atoms with Crippen LogP contribution in [0.25, 0.3) is 0 Å². The summed E-state index contributed by atoms with van der Waals surface area (Å²) in [6.07, 6.45) is -3.87. The molecule has 2 heterocycles. The highest BCUT2D eigenvalue weighted by atomic mass is 19.4. The zero-order chi connectivity index (χ0) is 14.2. The van der Waals surface area contributed by atoms with Crippen LogP contribution in [-0.4, -0.2) is 65.2 Å². The van der Waals surface area contributed by atoms with Gasteiger partial charge in [-0.1, -0.05) is 0 Å². The van der Waals surface area contributed by atoms with E-state index >= 15 is 0 Å². The van der Waals surface area contributed by atoms with Gasteiger partial charge in [-0.15, -0.1) is 0 Å². The average Bonchev–Trinajstić information content (AvgIpc) is 2.35. The van der Waals surface area contributed by atoms with E-state index in [-0.39, 0.29) is 19.1 Å². The predicted octanol–water partition coefficient (Wildman–Crippen LogP) is 0.556. The molecule has 0 bridgehead atoms. The molecule has 108 valence electrons. The van der Waals surface area contributed by atoms with E-state index in [0.717, 1.165) is 4.90 Å². The molecule has 0 aromatic heterocycles. The number of carboxylic acid groups (broad SMARTS) is 1. The zero-order valence-electron chi connectivity index (χ0n) is 10.2. The molecule has 0 saturated carbocycles. The number of fused-ring (bicyclic) bond motifs is 1. The second kappa shape index (κ2) is 4.99. The number of piperidine rings is 1. The van der Waals surface area contributed by atoms with Crippen LogP contribution in [0.3, 0.4) is 0 Å². The number of alkyl halides is 3. The molecule has 2 atom stereocenters.